The van der Waals surface area contributed by atoms with Gasteiger partial charge in [-0.3, -0.25) is 4.90 Å². The number of nitrogens with zero attached hydrogens (tertiary/aromatic N) is 1. The summed E-state index contributed by atoms with van der Waals surface area (Å²) < 4.78 is 4.90. The van der Waals surface area contributed by atoms with Crippen LogP contribution in [0.4, 0.5) is 4.79 Å². The van der Waals surface area contributed by atoms with Gasteiger partial charge in [-0.1, -0.05) is 18.7 Å². The number of aliphatic carboxylic acids is 1. The van der Waals surface area contributed by atoms with E-state index in [4.69, 9.17) is 4.74 Å². The third kappa shape index (κ3) is 2.74. The Labute approximate surface area is 115 Å². The first-order chi connectivity index (χ1) is 9.52. The monoisotopic (exact) mass is 277 g/mol. The standard InChI is InChI=1S/C14H15NO5/c1-2-5-20-14(19)15-8-10-6-11(16)4-3-9(10)7-12(15)13(17)18/h2-4,6,12,16H,1,5,7-8H2,(H,17,18)/t12-/m0/s1. The highest BCUT2D eigenvalue weighted by Gasteiger charge is 2.35. The molecule has 6 heteroatoms. The molecule has 2 N–H and O–H groups in total. The Morgan fingerprint density at radius 2 is 2.20 bits per heavy atom. The topological polar surface area (TPSA) is 87.1 Å². The highest BCUT2D eigenvalue weighted by atomic mass is 16.6. The molecule has 0 saturated carbocycles. The van der Waals surface area contributed by atoms with Gasteiger partial charge in [0.25, 0.3) is 0 Å². The zero-order valence-electron chi connectivity index (χ0n) is 10.8. The Balaban J connectivity index is 2.27. The van der Waals surface area contributed by atoms with Gasteiger partial charge < -0.3 is 14.9 Å². The molecule has 0 aliphatic carbocycles. The van der Waals surface area contributed by atoms with E-state index < -0.39 is 18.1 Å². The van der Waals surface area contributed by atoms with Crippen LogP contribution in [0.3, 0.4) is 0 Å². The summed E-state index contributed by atoms with van der Waals surface area (Å²) in [5.74, 6) is -1.00. The molecule has 106 valence electrons. The van der Waals surface area contributed by atoms with Gasteiger partial charge >= 0.3 is 12.1 Å². The van der Waals surface area contributed by atoms with Crippen molar-refractivity contribution in [2.75, 3.05) is 6.61 Å². The van der Waals surface area contributed by atoms with Crippen molar-refractivity contribution in [1.29, 1.82) is 0 Å². The molecule has 0 saturated heterocycles. The van der Waals surface area contributed by atoms with Gasteiger partial charge in [-0.2, -0.15) is 0 Å². The zero-order chi connectivity index (χ0) is 14.7. The van der Waals surface area contributed by atoms with E-state index in [-0.39, 0.29) is 25.3 Å². The number of carboxylic acids is 1. The first-order valence-corrected chi connectivity index (χ1v) is 6.10. The first kappa shape index (κ1) is 13.9. The number of hydrogen-bond acceptors (Lipinski definition) is 4. The summed E-state index contributed by atoms with van der Waals surface area (Å²) in [5.41, 5.74) is 1.53. The second-order valence-corrected chi connectivity index (χ2v) is 4.50. The summed E-state index contributed by atoms with van der Waals surface area (Å²) in [7, 11) is 0. The largest absolute Gasteiger partial charge is 0.508 e. The number of carbonyl (C=O) groups excluding carboxylic acids is 1. The summed E-state index contributed by atoms with van der Waals surface area (Å²) in [6.45, 7) is 3.55. The SMILES string of the molecule is C=CCOC(=O)N1Cc2cc(O)ccc2C[C@H]1C(=O)O. The van der Waals surface area contributed by atoms with Crippen LogP contribution in [0.5, 0.6) is 5.75 Å². The molecule has 2 rings (SSSR count). The Kier molecular flexibility index (Phi) is 3.93. The number of rotatable bonds is 3. The smallest absolute Gasteiger partial charge is 0.411 e. The Morgan fingerprint density at radius 1 is 1.45 bits per heavy atom. The van der Waals surface area contributed by atoms with E-state index in [1.54, 1.807) is 6.07 Å². The van der Waals surface area contributed by atoms with Crippen LogP contribution in [0.15, 0.2) is 30.9 Å². The third-order valence-corrected chi connectivity index (χ3v) is 3.16. The summed E-state index contributed by atoms with van der Waals surface area (Å²) in [6, 6.07) is 3.74. The number of ether oxygens (including phenoxy) is 1. The number of carboxylic acid groups (broad SMARTS) is 1. The van der Waals surface area contributed by atoms with Crippen molar-refractivity contribution in [3.05, 3.63) is 42.0 Å². The molecule has 1 aliphatic rings. The average Bonchev–Trinajstić information content (AvgIpc) is 2.43. The zero-order valence-corrected chi connectivity index (χ0v) is 10.8. The van der Waals surface area contributed by atoms with Gasteiger partial charge in [0.15, 0.2) is 0 Å². The minimum atomic E-state index is -1.08. The summed E-state index contributed by atoms with van der Waals surface area (Å²) in [4.78, 5) is 24.3. The van der Waals surface area contributed by atoms with Crippen LogP contribution in [-0.4, -0.2) is 39.8 Å². The highest BCUT2D eigenvalue weighted by Crippen LogP contribution is 2.27. The number of fused-ring (bicyclic) bond motifs is 1. The van der Waals surface area contributed by atoms with E-state index in [1.165, 1.54) is 18.2 Å². The predicted molar refractivity (Wildman–Crippen MR) is 70.3 cm³/mol. The second kappa shape index (κ2) is 5.64. The van der Waals surface area contributed by atoms with Crippen molar-refractivity contribution in [2.45, 2.75) is 19.0 Å². The minimum absolute atomic E-state index is 0.0224. The van der Waals surface area contributed by atoms with Gasteiger partial charge in [-0.15, -0.1) is 0 Å². The Morgan fingerprint density at radius 3 is 2.85 bits per heavy atom. The van der Waals surface area contributed by atoms with Gasteiger partial charge in [-0.05, 0) is 23.3 Å². The van der Waals surface area contributed by atoms with Gasteiger partial charge in [0.05, 0.1) is 6.54 Å². The maximum Gasteiger partial charge on any atom is 0.411 e. The predicted octanol–water partition coefficient (Wildman–Crippen LogP) is 1.53. The molecule has 1 amide bonds. The molecule has 0 spiro atoms. The lowest BCUT2D eigenvalue weighted by Gasteiger charge is -2.33. The Hall–Kier alpha value is -2.50. The molecule has 0 radical (unpaired) electrons. The normalized spacial score (nSPS) is 17.2. The van der Waals surface area contributed by atoms with Gasteiger partial charge in [0.2, 0.25) is 0 Å². The molecule has 0 unspecified atom stereocenters. The van der Waals surface area contributed by atoms with Crippen molar-refractivity contribution >= 4 is 12.1 Å². The van der Waals surface area contributed by atoms with E-state index in [1.807, 2.05) is 0 Å². The lowest BCUT2D eigenvalue weighted by atomic mass is 9.94. The molecular weight excluding hydrogens is 262 g/mol. The van der Waals surface area contributed by atoms with Gasteiger partial charge in [0, 0.05) is 6.42 Å². The lowest BCUT2D eigenvalue weighted by molar-refractivity contribution is -0.143. The molecule has 1 heterocycles. The lowest BCUT2D eigenvalue weighted by Crippen LogP contribution is -2.48. The number of amides is 1. The van der Waals surface area contributed by atoms with Crippen molar-refractivity contribution < 1.29 is 24.5 Å². The molecule has 20 heavy (non-hydrogen) atoms. The van der Waals surface area contributed by atoms with Crippen LogP contribution in [0.25, 0.3) is 0 Å². The molecule has 1 aromatic carbocycles. The maximum atomic E-state index is 11.9. The van der Waals surface area contributed by atoms with Crippen LogP contribution in [-0.2, 0) is 22.5 Å². The number of benzene rings is 1. The van der Waals surface area contributed by atoms with E-state index in [0.717, 1.165) is 16.0 Å². The van der Waals surface area contributed by atoms with Crippen LogP contribution in [0.2, 0.25) is 0 Å². The van der Waals surface area contributed by atoms with E-state index >= 15 is 0 Å². The van der Waals surface area contributed by atoms with Crippen molar-refractivity contribution in [1.82, 2.24) is 4.90 Å². The number of carbonyl (C=O) groups is 2. The number of hydrogen-bond donors (Lipinski definition) is 2. The van der Waals surface area contributed by atoms with E-state index in [0.29, 0.717) is 0 Å². The summed E-state index contributed by atoms with van der Waals surface area (Å²) in [6.07, 6.45) is 0.900. The number of aromatic hydroxyl groups is 1. The van der Waals surface area contributed by atoms with Gasteiger partial charge in [-0.25, -0.2) is 9.59 Å². The van der Waals surface area contributed by atoms with E-state index in [2.05, 4.69) is 6.58 Å². The molecule has 0 bridgehead atoms. The number of phenols is 1. The maximum absolute atomic E-state index is 11.9. The molecule has 1 aliphatic heterocycles. The van der Waals surface area contributed by atoms with Crippen LogP contribution >= 0.6 is 0 Å². The fraction of sp³-hybridized carbons (Fsp3) is 0.286. The van der Waals surface area contributed by atoms with Crippen LogP contribution in [0, 0.1) is 0 Å². The summed E-state index contributed by atoms with van der Waals surface area (Å²) in [5, 5.41) is 18.7. The fourth-order valence-corrected chi connectivity index (χ4v) is 2.20. The third-order valence-electron chi connectivity index (χ3n) is 3.16. The first-order valence-electron chi connectivity index (χ1n) is 6.10. The molecule has 0 aromatic heterocycles. The van der Waals surface area contributed by atoms with Crippen molar-refractivity contribution in [3.8, 4) is 5.75 Å². The van der Waals surface area contributed by atoms with Gasteiger partial charge in [0.1, 0.15) is 18.4 Å². The molecule has 1 atom stereocenters. The fourth-order valence-electron chi connectivity index (χ4n) is 2.20. The molecule has 1 aromatic rings. The average molecular weight is 277 g/mol. The molecular formula is C14H15NO5. The Bertz CT molecular complexity index is 554. The van der Waals surface area contributed by atoms with Crippen LogP contribution in [0.1, 0.15) is 11.1 Å². The quantitative estimate of drug-likeness (QED) is 0.818. The van der Waals surface area contributed by atoms with Crippen molar-refractivity contribution in [3.63, 3.8) is 0 Å². The van der Waals surface area contributed by atoms with Crippen LogP contribution < -0.4 is 0 Å². The minimum Gasteiger partial charge on any atom is -0.508 e. The number of phenolic OH excluding ortho intramolecular Hbond substituents is 1. The van der Waals surface area contributed by atoms with E-state index in [9.17, 15) is 19.8 Å². The van der Waals surface area contributed by atoms with Crippen molar-refractivity contribution in [2.24, 2.45) is 0 Å². The second-order valence-electron chi connectivity index (χ2n) is 4.50. The highest BCUT2D eigenvalue weighted by molar-refractivity contribution is 5.81. The molecule has 0 fully saturated rings. The summed E-state index contributed by atoms with van der Waals surface area (Å²) >= 11 is 0. The molecule has 6 nitrogen and oxygen atoms in total.